The first-order chi connectivity index (χ1) is 12.5. The highest BCUT2D eigenvalue weighted by Crippen LogP contribution is 2.22. The maximum atomic E-state index is 13.9. The Bertz CT molecular complexity index is 1190. The van der Waals surface area contributed by atoms with Crippen molar-refractivity contribution in [1.29, 1.82) is 0 Å². The van der Waals surface area contributed by atoms with E-state index in [1.807, 2.05) is 18.2 Å². The molecule has 8 heteroatoms. The Morgan fingerprint density at radius 3 is 2.69 bits per heavy atom. The zero-order valence-corrected chi connectivity index (χ0v) is 16.3. The summed E-state index contributed by atoms with van der Waals surface area (Å²) in [4.78, 5) is 19.4. The molecule has 0 unspecified atom stereocenters. The molecule has 26 heavy (non-hydrogen) atoms. The third-order valence-electron chi connectivity index (χ3n) is 3.86. The number of pyridine rings is 1. The van der Waals surface area contributed by atoms with Gasteiger partial charge in [0.15, 0.2) is 0 Å². The third-order valence-corrected chi connectivity index (χ3v) is 4.85. The predicted octanol–water partition coefficient (Wildman–Crippen LogP) is 4.83. The lowest BCUT2D eigenvalue weighted by molar-refractivity contribution is 0.384. The van der Waals surface area contributed by atoms with Crippen LogP contribution in [0.4, 0.5) is 4.39 Å². The summed E-state index contributed by atoms with van der Waals surface area (Å²) < 4.78 is 20.7. The fourth-order valence-electron chi connectivity index (χ4n) is 2.62. The van der Waals surface area contributed by atoms with E-state index >= 15 is 0 Å². The summed E-state index contributed by atoms with van der Waals surface area (Å²) in [7, 11) is 0. The Morgan fingerprint density at radius 1 is 1.08 bits per heavy atom. The highest BCUT2D eigenvalue weighted by Gasteiger charge is 2.15. The van der Waals surface area contributed by atoms with Crippen LogP contribution in [-0.4, -0.2) is 15.1 Å². The summed E-state index contributed by atoms with van der Waals surface area (Å²) in [5, 5.41) is 4.70. The van der Waals surface area contributed by atoms with E-state index in [-0.39, 0.29) is 29.5 Å². The summed E-state index contributed by atoms with van der Waals surface area (Å²) in [6.45, 7) is 0. The molecule has 5 nitrogen and oxygen atoms in total. The van der Waals surface area contributed by atoms with Gasteiger partial charge in [-0.25, -0.2) is 4.39 Å². The summed E-state index contributed by atoms with van der Waals surface area (Å²) in [5.41, 5.74) is 1.11. The van der Waals surface area contributed by atoms with Crippen LogP contribution >= 0.6 is 31.9 Å². The topological polar surface area (TPSA) is 71.8 Å². The molecule has 1 N–H and O–H groups in total. The second kappa shape index (κ2) is 6.77. The molecule has 0 spiro atoms. The molecule has 0 saturated carbocycles. The Balaban J connectivity index is 1.72. The summed E-state index contributed by atoms with van der Waals surface area (Å²) in [6.07, 6.45) is 0.134. The number of halogens is 3. The molecule has 2 heterocycles. The fraction of sp³-hybridized carbons (Fsp3) is 0.0556. The molecule has 0 radical (unpaired) electrons. The second-order valence-corrected chi connectivity index (χ2v) is 7.50. The van der Waals surface area contributed by atoms with Crippen molar-refractivity contribution in [3.05, 3.63) is 79.0 Å². The molecule has 0 aliphatic heterocycles. The molecule has 2 aromatic heterocycles. The van der Waals surface area contributed by atoms with Gasteiger partial charge in [-0.05, 0) is 48.0 Å². The van der Waals surface area contributed by atoms with Gasteiger partial charge in [-0.15, -0.1) is 0 Å². The van der Waals surface area contributed by atoms with Crippen LogP contribution in [0.3, 0.4) is 0 Å². The molecule has 0 atom stereocenters. The number of aromatic amines is 1. The zero-order valence-electron chi connectivity index (χ0n) is 13.1. The van der Waals surface area contributed by atoms with Crippen molar-refractivity contribution in [1.82, 2.24) is 15.1 Å². The maximum absolute atomic E-state index is 13.9. The molecule has 0 aliphatic rings. The van der Waals surface area contributed by atoms with E-state index in [0.29, 0.717) is 16.6 Å². The summed E-state index contributed by atoms with van der Waals surface area (Å²) in [6, 6.07) is 11.9. The molecule has 4 aromatic rings. The van der Waals surface area contributed by atoms with Gasteiger partial charge in [0.1, 0.15) is 5.82 Å². The quantitative estimate of drug-likeness (QED) is 0.457. The predicted molar refractivity (Wildman–Crippen MR) is 102 cm³/mol. The summed E-state index contributed by atoms with van der Waals surface area (Å²) in [5.74, 6) is 0.0330. The lowest BCUT2D eigenvalue weighted by Gasteiger charge is -2.01. The van der Waals surface area contributed by atoms with E-state index in [0.717, 1.165) is 14.3 Å². The Hall–Kier alpha value is -2.32. The first kappa shape index (κ1) is 17.1. The van der Waals surface area contributed by atoms with Crippen LogP contribution in [0.15, 0.2) is 60.7 Å². The minimum absolute atomic E-state index is 0.134. The number of rotatable bonds is 3. The average Bonchev–Trinajstić information content (AvgIpc) is 3.06. The number of H-pyrrole nitrogens is 1. The van der Waals surface area contributed by atoms with Gasteiger partial charge in [-0.1, -0.05) is 37.0 Å². The molecule has 2 aromatic carbocycles. The zero-order chi connectivity index (χ0) is 18.3. The number of nitrogens with one attached hydrogen (secondary N) is 1. The number of hydrogen-bond acceptors (Lipinski definition) is 4. The molecule has 0 fully saturated rings. The second-order valence-electron chi connectivity index (χ2n) is 5.67. The van der Waals surface area contributed by atoms with Gasteiger partial charge in [0, 0.05) is 19.8 Å². The van der Waals surface area contributed by atoms with E-state index in [4.69, 9.17) is 4.52 Å². The Morgan fingerprint density at radius 2 is 1.85 bits per heavy atom. The van der Waals surface area contributed by atoms with Crippen molar-refractivity contribution < 1.29 is 8.91 Å². The lowest BCUT2D eigenvalue weighted by atomic mass is 10.1. The average molecular weight is 479 g/mol. The van der Waals surface area contributed by atoms with E-state index in [2.05, 4.69) is 47.0 Å². The van der Waals surface area contributed by atoms with E-state index in [1.165, 1.54) is 6.07 Å². The standard InChI is InChI=1S/C18H10Br2FN3O2/c19-11-1-3-14(21)9(5-11)8-16-23-17(24-26-16)13-7-10-6-12(20)2-4-15(10)22-18(13)25/h1-7H,8H2,(H,22,25). The van der Waals surface area contributed by atoms with Crippen LogP contribution in [0.25, 0.3) is 22.3 Å². The largest absolute Gasteiger partial charge is 0.339 e. The van der Waals surface area contributed by atoms with Crippen molar-refractivity contribution >= 4 is 42.8 Å². The fourth-order valence-corrected chi connectivity index (χ4v) is 3.41. The van der Waals surface area contributed by atoms with Crippen molar-refractivity contribution in [2.24, 2.45) is 0 Å². The van der Waals surface area contributed by atoms with Gasteiger partial charge in [0.25, 0.3) is 5.56 Å². The normalized spacial score (nSPS) is 11.2. The van der Waals surface area contributed by atoms with Crippen LogP contribution in [-0.2, 0) is 6.42 Å². The van der Waals surface area contributed by atoms with Crippen molar-refractivity contribution in [2.75, 3.05) is 0 Å². The molecule has 0 amide bonds. The van der Waals surface area contributed by atoms with Gasteiger partial charge in [-0.3, -0.25) is 4.79 Å². The molecule has 4 rings (SSSR count). The minimum atomic E-state index is -0.360. The molecular formula is C18H10Br2FN3O2. The first-order valence-corrected chi connectivity index (χ1v) is 9.18. The minimum Gasteiger partial charge on any atom is -0.339 e. The van der Waals surface area contributed by atoms with Crippen LogP contribution in [0, 0.1) is 5.82 Å². The Labute approximate surface area is 163 Å². The number of benzene rings is 2. The van der Waals surface area contributed by atoms with Crippen LogP contribution in [0.2, 0.25) is 0 Å². The van der Waals surface area contributed by atoms with Crippen LogP contribution in [0.1, 0.15) is 11.5 Å². The van der Waals surface area contributed by atoms with Crippen LogP contribution in [0.5, 0.6) is 0 Å². The third kappa shape index (κ3) is 3.34. The molecule has 0 bridgehead atoms. The smallest absolute Gasteiger partial charge is 0.259 e. The number of fused-ring (bicyclic) bond motifs is 1. The van der Waals surface area contributed by atoms with Crippen LogP contribution < -0.4 is 5.56 Å². The number of hydrogen-bond donors (Lipinski definition) is 1. The monoisotopic (exact) mass is 477 g/mol. The Kier molecular flexibility index (Phi) is 4.46. The highest BCUT2D eigenvalue weighted by atomic mass is 79.9. The molecule has 0 aliphatic carbocycles. The number of aromatic nitrogens is 3. The van der Waals surface area contributed by atoms with Gasteiger partial charge < -0.3 is 9.51 Å². The SMILES string of the molecule is O=c1[nH]c2ccc(Br)cc2cc1-c1noc(Cc2cc(Br)ccc2F)n1. The molecule has 130 valence electrons. The highest BCUT2D eigenvalue weighted by molar-refractivity contribution is 9.10. The number of nitrogens with zero attached hydrogens (tertiary/aromatic N) is 2. The molecule has 0 saturated heterocycles. The van der Waals surface area contributed by atoms with Gasteiger partial charge in [0.2, 0.25) is 11.7 Å². The first-order valence-electron chi connectivity index (χ1n) is 7.59. The van der Waals surface area contributed by atoms with Gasteiger partial charge in [0.05, 0.1) is 12.0 Å². The van der Waals surface area contributed by atoms with Crippen molar-refractivity contribution in [2.45, 2.75) is 6.42 Å². The lowest BCUT2D eigenvalue weighted by Crippen LogP contribution is -2.09. The summed E-state index contributed by atoms with van der Waals surface area (Å²) >= 11 is 6.71. The maximum Gasteiger partial charge on any atom is 0.259 e. The van der Waals surface area contributed by atoms with E-state index < -0.39 is 0 Å². The van der Waals surface area contributed by atoms with Crippen molar-refractivity contribution in [3.8, 4) is 11.4 Å². The molecular weight excluding hydrogens is 469 g/mol. The van der Waals surface area contributed by atoms with Gasteiger partial charge in [-0.2, -0.15) is 4.98 Å². The van der Waals surface area contributed by atoms with Crippen molar-refractivity contribution in [3.63, 3.8) is 0 Å². The van der Waals surface area contributed by atoms with E-state index in [9.17, 15) is 9.18 Å². The van der Waals surface area contributed by atoms with Gasteiger partial charge >= 0.3 is 0 Å². The van der Waals surface area contributed by atoms with E-state index in [1.54, 1.807) is 18.2 Å².